The summed E-state index contributed by atoms with van der Waals surface area (Å²) in [7, 11) is 0. The van der Waals surface area contributed by atoms with E-state index in [2.05, 4.69) is 10.1 Å². The Morgan fingerprint density at radius 3 is 2.35 bits per heavy atom. The molecule has 0 aromatic rings. The van der Waals surface area contributed by atoms with Crippen molar-refractivity contribution in [3.05, 3.63) is 0 Å². The largest absolute Gasteiger partial charge is 0.444 e. The standard InChI is InChI=1S/C12H22F3NO4/c1-11(2,3)20-10(18)16-6-9(7-17)4-5-19-8-12(13,14)15/h9,17H,4-8H2,1-3H3,(H,16,18). The molecule has 0 radical (unpaired) electrons. The van der Waals surface area contributed by atoms with Crippen LogP contribution in [-0.4, -0.2) is 49.3 Å². The number of carbonyl (C=O) groups excluding carboxylic acids is 1. The predicted octanol–water partition coefficient (Wildman–Crippen LogP) is 2.09. The lowest BCUT2D eigenvalue weighted by molar-refractivity contribution is -0.174. The van der Waals surface area contributed by atoms with Crippen molar-refractivity contribution in [2.75, 3.05) is 26.4 Å². The fourth-order valence-corrected chi connectivity index (χ4v) is 1.24. The number of halogens is 3. The Morgan fingerprint density at radius 2 is 1.90 bits per heavy atom. The molecule has 0 saturated carbocycles. The van der Waals surface area contributed by atoms with E-state index in [1.54, 1.807) is 20.8 Å². The summed E-state index contributed by atoms with van der Waals surface area (Å²) in [5.74, 6) is -0.379. The van der Waals surface area contributed by atoms with Gasteiger partial charge in [-0.3, -0.25) is 0 Å². The number of carbonyl (C=O) groups is 1. The highest BCUT2D eigenvalue weighted by Crippen LogP contribution is 2.15. The summed E-state index contributed by atoms with van der Waals surface area (Å²) in [5.41, 5.74) is -0.630. The van der Waals surface area contributed by atoms with E-state index < -0.39 is 24.5 Å². The van der Waals surface area contributed by atoms with Crippen LogP contribution in [0.3, 0.4) is 0 Å². The molecule has 8 heteroatoms. The molecule has 1 unspecified atom stereocenters. The van der Waals surface area contributed by atoms with Gasteiger partial charge in [-0.1, -0.05) is 0 Å². The summed E-state index contributed by atoms with van der Waals surface area (Å²) in [6.45, 7) is 3.53. The van der Waals surface area contributed by atoms with Gasteiger partial charge < -0.3 is 19.9 Å². The summed E-state index contributed by atoms with van der Waals surface area (Å²) >= 11 is 0. The van der Waals surface area contributed by atoms with E-state index in [-0.39, 0.29) is 32.1 Å². The molecule has 5 nitrogen and oxygen atoms in total. The van der Waals surface area contributed by atoms with Crippen molar-refractivity contribution in [1.82, 2.24) is 5.32 Å². The molecule has 1 amide bonds. The maximum atomic E-state index is 11.8. The number of aliphatic hydroxyl groups excluding tert-OH is 1. The van der Waals surface area contributed by atoms with Crippen molar-refractivity contribution in [1.29, 1.82) is 0 Å². The minimum atomic E-state index is -4.36. The highest BCUT2D eigenvalue weighted by atomic mass is 19.4. The molecule has 0 rings (SSSR count). The van der Waals surface area contributed by atoms with E-state index in [9.17, 15) is 18.0 Å². The molecule has 0 spiro atoms. The van der Waals surface area contributed by atoms with Crippen molar-refractivity contribution in [2.45, 2.75) is 39.0 Å². The highest BCUT2D eigenvalue weighted by molar-refractivity contribution is 5.67. The zero-order valence-electron chi connectivity index (χ0n) is 11.9. The van der Waals surface area contributed by atoms with Crippen LogP contribution in [0, 0.1) is 5.92 Å². The number of alkyl carbamates (subject to hydrolysis) is 1. The first-order valence-electron chi connectivity index (χ1n) is 6.25. The first-order valence-corrected chi connectivity index (χ1v) is 6.25. The number of amides is 1. The van der Waals surface area contributed by atoms with Crippen LogP contribution in [0.15, 0.2) is 0 Å². The third kappa shape index (κ3) is 12.0. The molecule has 0 saturated heterocycles. The van der Waals surface area contributed by atoms with Crippen LogP contribution in [0.1, 0.15) is 27.2 Å². The van der Waals surface area contributed by atoms with E-state index in [4.69, 9.17) is 9.84 Å². The minimum absolute atomic E-state index is 0.112. The van der Waals surface area contributed by atoms with Crippen molar-refractivity contribution < 1.29 is 32.5 Å². The Balaban J connectivity index is 3.85. The first kappa shape index (κ1) is 19.0. The van der Waals surface area contributed by atoms with E-state index in [1.807, 2.05) is 0 Å². The van der Waals surface area contributed by atoms with Gasteiger partial charge in [0.2, 0.25) is 0 Å². The van der Waals surface area contributed by atoms with Crippen LogP contribution in [-0.2, 0) is 9.47 Å². The van der Waals surface area contributed by atoms with Gasteiger partial charge in [0, 0.05) is 25.7 Å². The molecule has 0 aliphatic rings. The van der Waals surface area contributed by atoms with E-state index >= 15 is 0 Å². The second kappa shape index (κ2) is 8.31. The van der Waals surface area contributed by atoms with Gasteiger partial charge in [0.1, 0.15) is 12.2 Å². The SMILES string of the molecule is CC(C)(C)OC(=O)NCC(CO)CCOCC(F)(F)F. The smallest absolute Gasteiger partial charge is 0.411 e. The van der Waals surface area contributed by atoms with Crippen molar-refractivity contribution in [3.63, 3.8) is 0 Å². The molecule has 0 aromatic carbocycles. The van der Waals surface area contributed by atoms with Gasteiger partial charge in [-0.15, -0.1) is 0 Å². The second-order valence-electron chi connectivity index (χ2n) is 5.39. The van der Waals surface area contributed by atoms with Crippen molar-refractivity contribution >= 4 is 6.09 Å². The Hall–Kier alpha value is -1.02. The number of alkyl halides is 3. The monoisotopic (exact) mass is 301 g/mol. The van der Waals surface area contributed by atoms with Crippen LogP contribution in [0.25, 0.3) is 0 Å². The number of ether oxygens (including phenoxy) is 2. The zero-order chi connectivity index (χ0) is 15.8. The Bertz CT molecular complexity index is 289. The van der Waals surface area contributed by atoms with Crippen LogP contribution in [0.4, 0.5) is 18.0 Å². The molecule has 0 bridgehead atoms. The van der Waals surface area contributed by atoms with Crippen LogP contribution in [0.2, 0.25) is 0 Å². The lowest BCUT2D eigenvalue weighted by Crippen LogP contribution is -2.36. The third-order valence-corrected chi connectivity index (χ3v) is 2.13. The van der Waals surface area contributed by atoms with E-state index in [0.717, 1.165) is 0 Å². The average Bonchev–Trinajstić information content (AvgIpc) is 2.24. The number of rotatable bonds is 7. The molecule has 120 valence electrons. The molecule has 0 aromatic heterocycles. The molecular weight excluding hydrogens is 279 g/mol. The summed E-state index contributed by atoms with van der Waals surface area (Å²) in [6.07, 6.45) is -4.78. The molecular formula is C12H22F3NO4. The Kier molecular flexibility index (Phi) is 7.88. The topological polar surface area (TPSA) is 67.8 Å². The van der Waals surface area contributed by atoms with E-state index in [1.165, 1.54) is 0 Å². The van der Waals surface area contributed by atoms with Gasteiger partial charge in [0.15, 0.2) is 0 Å². The predicted molar refractivity (Wildman–Crippen MR) is 66.3 cm³/mol. The van der Waals surface area contributed by atoms with Crippen LogP contribution in [0.5, 0.6) is 0 Å². The molecule has 0 aliphatic carbocycles. The lowest BCUT2D eigenvalue weighted by atomic mass is 10.1. The van der Waals surface area contributed by atoms with Crippen molar-refractivity contribution in [3.8, 4) is 0 Å². The quantitative estimate of drug-likeness (QED) is 0.707. The number of hydrogen-bond acceptors (Lipinski definition) is 4. The number of hydrogen-bond donors (Lipinski definition) is 2. The van der Waals surface area contributed by atoms with Gasteiger partial charge in [0.25, 0.3) is 0 Å². The Labute approximate surface area is 116 Å². The zero-order valence-corrected chi connectivity index (χ0v) is 11.9. The van der Waals surface area contributed by atoms with Gasteiger partial charge in [0.05, 0.1) is 0 Å². The summed E-state index contributed by atoms with van der Waals surface area (Å²) in [5, 5.41) is 11.5. The Morgan fingerprint density at radius 1 is 1.30 bits per heavy atom. The fourth-order valence-electron chi connectivity index (χ4n) is 1.24. The normalized spacial score (nSPS) is 13.9. The molecule has 1 atom stereocenters. The van der Waals surface area contributed by atoms with Crippen LogP contribution < -0.4 is 5.32 Å². The van der Waals surface area contributed by atoms with E-state index in [0.29, 0.717) is 0 Å². The number of nitrogens with one attached hydrogen (secondary N) is 1. The van der Waals surface area contributed by atoms with Crippen molar-refractivity contribution in [2.24, 2.45) is 5.92 Å². The second-order valence-corrected chi connectivity index (χ2v) is 5.39. The lowest BCUT2D eigenvalue weighted by Gasteiger charge is -2.21. The third-order valence-electron chi connectivity index (χ3n) is 2.13. The van der Waals surface area contributed by atoms with Gasteiger partial charge in [-0.25, -0.2) is 4.79 Å². The maximum Gasteiger partial charge on any atom is 0.411 e. The average molecular weight is 301 g/mol. The molecule has 0 aliphatic heterocycles. The fraction of sp³-hybridized carbons (Fsp3) is 0.917. The van der Waals surface area contributed by atoms with Crippen LogP contribution >= 0.6 is 0 Å². The minimum Gasteiger partial charge on any atom is -0.444 e. The molecule has 0 fully saturated rings. The van der Waals surface area contributed by atoms with Gasteiger partial charge in [-0.05, 0) is 27.2 Å². The molecule has 0 heterocycles. The maximum absolute atomic E-state index is 11.8. The summed E-state index contributed by atoms with van der Waals surface area (Å²) in [6, 6.07) is 0. The molecule has 20 heavy (non-hydrogen) atoms. The summed E-state index contributed by atoms with van der Waals surface area (Å²) in [4.78, 5) is 11.3. The highest BCUT2D eigenvalue weighted by Gasteiger charge is 2.27. The molecule has 2 N–H and O–H groups in total. The summed E-state index contributed by atoms with van der Waals surface area (Å²) < 4.78 is 44.9. The van der Waals surface area contributed by atoms with Gasteiger partial charge in [-0.2, -0.15) is 13.2 Å². The van der Waals surface area contributed by atoms with Gasteiger partial charge >= 0.3 is 12.3 Å². The first-order chi connectivity index (χ1) is 9.03. The number of aliphatic hydroxyl groups is 1.